The molecule has 18 heavy (non-hydrogen) atoms. The standard InChI is InChI=1S/C13H24N2O2S/c1-17-12-4-2-3-11(12)15-13(16)9-18-10-5-7-14-8-6-10/h10-12,14H,2-9H2,1H3,(H,15,16). The molecule has 2 unspecified atom stereocenters. The number of thioether (sulfide) groups is 1. The van der Waals surface area contributed by atoms with Gasteiger partial charge in [-0.1, -0.05) is 0 Å². The van der Waals surface area contributed by atoms with Crippen LogP contribution in [-0.2, 0) is 9.53 Å². The molecule has 0 spiro atoms. The van der Waals surface area contributed by atoms with Crippen LogP contribution in [0.4, 0.5) is 0 Å². The van der Waals surface area contributed by atoms with E-state index in [-0.39, 0.29) is 18.1 Å². The smallest absolute Gasteiger partial charge is 0.230 e. The molecule has 2 rings (SSSR count). The highest BCUT2D eigenvalue weighted by Gasteiger charge is 2.28. The molecule has 0 aromatic rings. The molecule has 5 heteroatoms. The molecule has 0 radical (unpaired) electrons. The monoisotopic (exact) mass is 272 g/mol. The minimum absolute atomic E-state index is 0.174. The van der Waals surface area contributed by atoms with Gasteiger partial charge in [-0.05, 0) is 45.2 Å². The fourth-order valence-corrected chi connectivity index (χ4v) is 3.82. The minimum atomic E-state index is 0.174. The predicted molar refractivity (Wildman–Crippen MR) is 74.9 cm³/mol. The minimum Gasteiger partial charge on any atom is -0.379 e. The van der Waals surface area contributed by atoms with E-state index in [1.165, 1.54) is 12.8 Å². The fraction of sp³-hybridized carbons (Fsp3) is 0.923. The lowest BCUT2D eigenvalue weighted by atomic mass is 10.2. The van der Waals surface area contributed by atoms with Crippen LogP contribution in [-0.4, -0.2) is 49.3 Å². The van der Waals surface area contributed by atoms with Gasteiger partial charge in [0, 0.05) is 12.4 Å². The second-order valence-corrected chi connectivity index (χ2v) is 6.43. The summed E-state index contributed by atoms with van der Waals surface area (Å²) in [6.07, 6.45) is 5.87. The first-order valence-corrected chi connectivity index (χ1v) is 7.99. The SMILES string of the molecule is COC1CCCC1NC(=O)CSC1CCNCC1. The number of carbonyl (C=O) groups excluding carboxylic acids is 1. The number of piperidine rings is 1. The molecule has 2 fully saturated rings. The maximum atomic E-state index is 11.9. The van der Waals surface area contributed by atoms with Crippen molar-refractivity contribution < 1.29 is 9.53 Å². The highest BCUT2D eigenvalue weighted by Crippen LogP contribution is 2.23. The third kappa shape index (κ3) is 4.14. The molecule has 2 N–H and O–H groups in total. The van der Waals surface area contributed by atoms with Gasteiger partial charge in [-0.15, -0.1) is 11.8 Å². The van der Waals surface area contributed by atoms with E-state index >= 15 is 0 Å². The van der Waals surface area contributed by atoms with Crippen LogP contribution in [0.2, 0.25) is 0 Å². The van der Waals surface area contributed by atoms with Gasteiger partial charge >= 0.3 is 0 Å². The van der Waals surface area contributed by atoms with Crippen molar-refractivity contribution in [3.8, 4) is 0 Å². The van der Waals surface area contributed by atoms with Gasteiger partial charge in [-0.2, -0.15) is 0 Å². The maximum absolute atomic E-state index is 11.9. The van der Waals surface area contributed by atoms with Crippen LogP contribution >= 0.6 is 11.8 Å². The largest absolute Gasteiger partial charge is 0.379 e. The Morgan fingerprint density at radius 2 is 2.11 bits per heavy atom. The molecular weight excluding hydrogens is 248 g/mol. The molecule has 1 heterocycles. The lowest BCUT2D eigenvalue weighted by molar-refractivity contribution is -0.120. The van der Waals surface area contributed by atoms with Gasteiger partial charge in [0.15, 0.2) is 0 Å². The van der Waals surface area contributed by atoms with Crippen LogP contribution in [0.1, 0.15) is 32.1 Å². The van der Waals surface area contributed by atoms with E-state index in [2.05, 4.69) is 10.6 Å². The van der Waals surface area contributed by atoms with Gasteiger partial charge in [0.2, 0.25) is 5.91 Å². The Morgan fingerprint density at radius 3 is 2.83 bits per heavy atom. The number of methoxy groups -OCH3 is 1. The summed E-state index contributed by atoms with van der Waals surface area (Å²) in [5.74, 6) is 0.768. The van der Waals surface area contributed by atoms with E-state index in [4.69, 9.17) is 4.74 Å². The number of carbonyl (C=O) groups is 1. The summed E-state index contributed by atoms with van der Waals surface area (Å²) >= 11 is 1.80. The number of amides is 1. The van der Waals surface area contributed by atoms with E-state index in [1.807, 2.05) is 0 Å². The first-order chi connectivity index (χ1) is 8.79. The Hall–Kier alpha value is -0.260. The van der Waals surface area contributed by atoms with Gasteiger partial charge in [0.1, 0.15) is 0 Å². The molecule has 1 saturated carbocycles. The molecule has 2 atom stereocenters. The molecule has 1 aliphatic heterocycles. The van der Waals surface area contributed by atoms with Crippen molar-refractivity contribution in [1.82, 2.24) is 10.6 Å². The van der Waals surface area contributed by atoms with E-state index in [1.54, 1.807) is 18.9 Å². The summed E-state index contributed by atoms with van der Waals surface area (Å²) in [5, 5.41) is 7.11. The van der Waals surface area contributed by atoms with Gasteiger partial charge in [-0.3, -0.25) is 4.79 Å². The van der Waals surface area contributed by atoms with Crippen molar-refractivity contribution in [3.63, 3.8) is 0 Å². The summed E-state index contributed by atoms with van der Waals surface area (Å²) in [4.78, 5) is 11.9. The molecule has 1 amide bonds. The third-order valence-corrected chi connectivity index (χ3v) is 5.21. The lowest BCUT2D eigenvalue weighted by Crippen LogP contribution is -2.42. The highest BCUT2D eigenvalue weighted by molar-refractivity contribution is 8.00. The molecule has 4 nitrogen and oxygen atoms in total. The Balaban J connectivity index is 1.65. The Kier molecular flexibility index (Phi) is 5.79. The molecule has 2 aliphatic rings. The van der Waals surface area contributed by atoms with Crippen LogP contribution in [0.25, 0.3) is 0 Å². The van der Waals surface area contributed by atoms with Crippen LogP contribution in [0.15, 0.2) is 0 Å². The van der Waals surface area contributed by atoms with Crippen molar-refractivity contribution in [2.24, 2.45) is 0 Å². The number of ether oxygens (including phenoxy) is 1. The van der Waals surface area contributed by atoms with E-state index < -0.39 is 0 Å². The number of hydrogen-bond donors (Lipinski definition) is 2. The summed E-state index contributed by atoms with van der Waals surface area (Å²) in [6.45, 7) is 2.18. The molecule has 0 aromatic carbocycles. The number of hydrogen-bond acceptors (Lipinski definition) is 4. The first-order valence-electron chi connectivity index (χ1n) is 6.94. The van der Waals surface area contributed by atoms with Crippen LogP contribution in [0, 0.1) is 0 Å². The summed E-state index contributed by atoms with van der Waals surface area (Å²) < 4.78 is 5.39. The second-order valence-electron chi connectivity index (χ2n) is 5.14. The predicted octanol–water partition coefficient (Wildman–Crippen LogP) is 1.16. The molecule has 1 aliphatic carbocycles. The average Bonchev–Trinajstić information content (AvgIpc) is 2.85. The van der Waals surface area contributed by atoms with Gasteiger partial charge in [0.25, 0.3) is 0 Å². The molecule has 104 valence electrons. The fourth-order valence-electron chi connectivity index (χ4n) is 2.78. The summed E-state index contributed by atoms with van der Waals surface area (Å²) in [7, 11) is 1.74. The average molecular weight is 272 g/mol. The van der Waals surface area contributed by atoms with Crippen molar-refractivity contribution in [2.45, 2.75) is 49.5 Å². The zero-order valence-corrected chi connectivity index (χ0v) is 11.9. The van der Waals surface area contributed by atoms with Crippen molar-refractivity contribution in [2.75, 3.05) is 26.0 Å². The lowest BCUT2D eigenvalue weighted by Gasteiger charge is -2.23. The molecule has 1 saturated heterocycles. The molecular formula is C13H24N2O2S. The van der Waals surface area contributed by atoms with E-state index in [0.717, 1.165) is 32.4 Å². The zero-order chi connectivity index (χ0) is 12.8. The van der Waals surface area contributed by atoms with Crippen LogP contribution < -0.4 is 10.6 Å². The third-order valence-electron chi connectivity index (χ3n) is 3.84. The first kappa shape index (κ1) is 14.2. The van der Waals surface area contributed by atoms with Crippen molar-refractivity contribution >= 4 is 17.7 Å². The Labute approximate surface area is 114 Å². The zero-order valence-electron chi connectivity index (χ0n) is 11.1. The maximum Gasteiger partial charge on any atom is 0.230 e. The van der Waals surface area contributed by atoms with Gasteiger partial charge in [-0.25, -0.2) is 0 Å². The van der Waals surface area contributed by atoms with Crippen LogP contribution in [0.3, 0.4) is 0 Å². The van der Waals surface area contributed by atoms with Crippen molar-refractivity contribution in [1.29, 1.82) is 0 Å². The Morgan fingerprint density at radius 1 is 1.33 bits per heavy atom. The molecule has 0 bridgehead atoms. The van der Waals surface area contributed by atoms with Crippen molar-refractivity contribution in [3.05, 3.63) is 0 Å². The summed E-state index contributed by atoms with van der Waals surface area (Å²) in [5.41, 5.74) is 0. The quantitative estimate of drug-likeness (QED) is 0.788. The van der Waals surface area contributed by atoms with Crippen LogP contribution in [0.5, 0.6) is 0 Å². The Bertz CT molecular complexity index is 270. The second kappa shape index (κ2) is 7.36. The number of nitrogens with one attached hydrogen (secondary N) is 2. The number of rotatable bonds is 5. The normalized spacial score (nSPS) is 29.4. The van der Waals surface area contributed by atoms with E-state index in [0.29, 0.717) is 11.0 Å². The van der Waals surface area contributed by atoms with E-state index in [9.17, 15) is 4.79 Å². The van der Waals surface area contributed by atoms with Gasteiger partial charge < -0.3 is 15.4 Å². The molecule has 0 aromatic heterocycles. The summed E-state index contributed by atoms with van der Waals surface area (Å²) in [6, 6.07) is 0.233. The topological polar surface area (TPSA) is 50.4 Å². The van der Waals surface area contributed by atoms with Gasteiger partial charge in [0.05, 0.1) is 17.9 Å². The highest BCUT2D eigenvalue weighted by atomic mass is 32.2.